The number of nitrogens with zero attached hydrogens (tertiary/aromatic N) is 2. The Kier molecular flexibility index (Phi) is 3.77. The molecule has 7 heteroatoms. The minimum atomic E-state index is -1.82. The van der Waals surface area contributed by atoms with Crippen LogP contribution in [0, 0.1) is 0 Å². The van der Waals surface area contributed by atoms with Crippen molar-refractivity contribution >= 4 is 16.9 Å². The summed E-state index contributed by atoms with van der Waals surface area (Å²) in [6, 6.07) is 7.76. The van der Waals surface area contributed by atoms with Crippen LogP contribution >= 0.6 is 0 Å². The zero-order valence-corrected chi connectivity index (χ0v) is 17.3. The molecule has 0 radical (unpaired) electrons. The van der Waals surface area contributed by atoms with Crippen LogP contribution in [0.5, 0.6) is 0 Å². The van der Waals surface area contributed by atoms with Gasteiger partial charge in [-0.3, -0.25) is 4.79 Å². The lowest BCUT2D eigenvalue weighted by Gasteiger charge is -2.31. The van der Waals surface area contributed by atoms with Crippen LogP contribution in [0.25, 0.3) is 22.3 Å². The highest BCUT2D eigenvalue weighted by molar-refractivity contribution is 5.92. The highest BCUT2D eigenvalue weighted by Gasteiger charge is 2.45. The molecule has 158 valence electrons. The Bertz CT molecular complexity index is 1360. The van der Waals surface area contributed by atoms with Crippen LogP contribution in [0.1, 0.15) is 60.0 Å². The third kappa shape index (κ3) is 2.33. The summed E-state index contributed by atoms with van der Waals surface area (Å²) in [5.74, 6) is -0.713. The molecule has 1 aromatic carbocycles. The monoisotopic (exact) mass is 417 g/mol. The number of esters is 1. The number of nitrogens with two attached hydrogens (primary N) is 1. The maximum Gasteiger partial charge on any atom is 0.343 e. The van der Waals surface area contributed by atoms with Crippen LogP contribution in [0.3, 0.4) is 0 Å². The molecule has 0 saturated heterocycles. The molecule has 3 N–H and O–H groups in total. The maximum absolute atomic E-state index is 13.4. The van der Waals surface area contributed by atoms with Gasteiger partial charge in [0.05, 0.1) is 29.0 Å². The second kappa shape index (κ2) is 6.24. The molecule has 0 amide bonds. The molecule has 0 saturated carbocycles. The summed E-state index contributed by atoms with van der Waals surface area (Å²) < 4.78 is 6.84. The molecule has 6 rings (SSSR count). The number of pyridine rings is 2. The fourth-order valence-electron chi connectivity index (χ4n) is 5.51. The first-order valence-corrected chi connectivity index (χ1v) is 10.8. The normalized spacial score (nSPS) is 23.7. The van der Waals surface area contributed by atoms with E-state index in [9.17, 15) is 14.7 Å². The summed E-state index contributed by atoms with van der Waals surface area (Å²) in [5.41, 5.74) is 10.7. The minimum Gasteiger partial charge on any atom is -0.458 e. The van der Waals surface area contributed by atoms with Crippen LogP contribution in [-0.2, 0) is 34.7 Å². The first-order chi connectivity index (χ1) is 14.9. The number of ether oxygens (including phenoxy) is 1. The van der Waals surface area contributed by atoms with Gasteiger partial charge in [0.1, 0.15) is 6.61 Å². The van der Waals surface area contributed by atoms with Crippen LogP contribution in [0.15, 0.2) is 29.1 Å². The van der Waals surface area contributed by atoms with Gasteiger partial charge in [-0.2, -0.15) is 0 Å². The zero-order chi connectivity index (χ0) is 21.5. The Labute approximate surface area is 178 Å². The fraction of sp³-hybridized carbons (Fsp3) is 0.375. The Morgan fingerprint density at radius 3 is 2.97 bits per heavy atom. The molecule has 1 aliphatic carbocycles. The first kappa shape index (κ1) is 18.7. The highest BCUT2D eigenvalue weighted by atomic mass is 16.6. The van der Waals surface area contributed by atoms with Crippen molar-refractivity contribution in [2.75, 3.05) is 0 Å². The SMILES string of the molecule is CC[C@@]1(O)C(=O)OCc2c1cc1n(c2=O)Cc2c-1nc1cccc3c1c2C(N)CCC3. The molecule has 0 spiro atoms. The molecule has 2 aliphatic heterocycles. The molecule has 7 nitrogen and oxygen atoms in total. The molecule has 3 aromatic rings. The van der Waals surface area contributed by atoms with E-state index in [0.717, 1.165) is 41.3 Å². The minimum absolute atomic E-state index is 0.124. The van der Waals surface area contributed by atoms with Gasteiger partial charge in [0, 0.05) is 22.6 Å². The van der Waals surface area contributed by atoms with Gasteiger partial charge in [0.25, 0.3) is 5.56 Å². The number of fused-ring (bicyclic) bond motifs is 5. The van der Waals surface area contributed by atoms with Crippen LogP contribution in [-0.4, -0.2) is 20.6 Å². The molecule has 31 heavy (non-hydrogen) atoms. The second-order valence-corrected chi connectivity index (χ2v) is 8.77. The van der Waals surface area contributed by atoms with Gasteiger partial charge in [-0.25, -0.2) is 9.78 Å². The molecule has 4 heterocycles. The van der Waals surface area contributed by atoms with Crippen molar-refractivity contribution in [1.82, 2.24) is 9.55 Å². The number of hydrogen-bond donors (Lipinski definition) is 2. The predicted molar refractivity (Wildman–Crippen MR) is 114 cm³/mol. The lowest BCUT2D eigenvalue weighted by Crippen LogP contribution is -2.44. The van der Waals surface area contributed by atoms with Crippen molar-refractivity contribution < 1.29 is 14.6 Å². The molecular formula is C24H23N3O4. The molecular weight excluding hydrogens is 394 g/mol. The van der Waals surface area contributed by atoms with Crippen LogP contribution in [0.4, 0.5) is 0 Å². The first-order valence-electron chi connectivity index (χ1n) is 10.8. The third-order valence-corrected chi connectivity index (χ3v) is 7.18. The van der Waals surface area contributed by atoms with E-state index >= 15 is 0 Å². The number of carbonyl (C=O) groups excluding carboxylic acids is 1. The average Bonchev–Trinajstić information content (AvgIpc) is 3.04. The zero-order valence-electron chi connectivity index (χ0n) is 17.3. The number of cyclic esters (lactones) is 1. The van der Waals surface area contributed by atoms with Crippen molar-refractivity contribution in [3.63, 3.8) is 0 Å². The van der Waals surface area contributed by atoms with Crippen molar-refractivity contribution in [1.29, 1.82) is 0 Å². The van der Waals surface area contributed by atoms with Crippen LogP contribution in [0.2, 0.25) is 0 Å². The molecule has 3 aliphatic rings. The van der Waals surface area contributed by atoms with E-state index < -0.39 is 11.6 Å². The molecule has 0 fully saturated rings. The second-order valence-electron chi connectivity index (χ2n) is 8.77. The number of carbonyl (C=O) groups is 1. The molecule has 0 bridgehead atoms. The number of rotatable bonds is 1. The van der Waals surface area contributed by atoms with Gasteiger partial charge in [0.15, 0.2) is 5.60 Å². The summed E-state index contributed by atoms with van der Waals surface area (Å²) in [6.07, 6.45) is 2.97. The van der Waals surface area contributed by atoms with Crippen molar-refractivity contribution in [3.05, 3.63) is 62.4 Å². The average molecular weight is 417 g/mol. The van der Waals surface area contributed by atoms with Gasteiger partial charge < -0.3 is 20.1 Å². The van der Waals surface area contributed by atoms with E-state index in [1.54, 1.807) is 17.6 Å². The lowest BCUT2D eigenvalue weighted by molar-refractivity contribution is -0.172. The largest absolute Gasteiger partial charge is 0.458 e. The quantitative estimate of drug-likeness (QED) is 0.461. The van der Waals surface area contributed by atoms with E-state index in [2.05, 4.69) is 6.07 Å². The predicted octanol–water partition coefficient (Wildman–Crippen LogP) is 2.42. The van der Waals surface area contributed by atoms with E-state index in [4.69, 9.17) is 15.5 Å². The van der Waals surface area contributed by atoms with E-state index in [1.165, 1.54) is 5.56 Å². The Morgan fingerprint density at radius 1 is 1.32 bits per heavy atom. The van der Waals surface area contributed by atoms with Gasteiger partial charge in [-0.1, -0.05) is 19.1 Å². The van der Waals surface area contributed by atoms with E-state index in [1.807, 2.05) is 12.1 Å². The van der Waals surface area contributed by atoms with Crippen LogP contribution < -0.4 is 11.3 Å². The van der Waals surface area contributed by atoms with Crippen molar-refractivity contribution in [2.45, 2.75) is 57.4 Å². The Morgan fingerprint density at radius 2 is 2.16 bits per heavy atom. The smallest absolute Gasteiger partial charge is 0.343 e. The van der Waals surface area contributed by atoms with Gasteiger partial charge in [0.2, 0.25) is 0 Å². The Hall–Kier alpha value is -3.03. The molecule has 1 unspecified atom stereocenters. The van der Waals surface area contributed by atoms with Crippen molar-refractivity contribution in [3.8, 4) is 11.4 Å². The van der Waals surface area contributed by atoms with Gasteiger partial charge in [-0.05, 0) is 48.9 Å². The molecule has 2 atom stereocenters. The number of hydrogen-bond acceptors (Lipinski definition) is 6. The molecule has 2 aromatic heterocycles. The van der Waals surface area contributed by atoms with E-state index in [-0.39, 0.29) is 24.6 Å². The fourth-order valence-corrected chi connectivity index (χ4v) is 5.51. The summed E-state index contributed by atoms with van der Waals surface area (Å²) >= 11 is 0. The van der Waals surface area contributed by atoms with E-state index in [0.29, 0.717) is 29.1 Å². The highest BCUT2D eigenvalue weighted by Crippen LogP contribution is 2.43. The standard InChI is InChI=1S/C24H23N3O4/c1-2-24(30)15-9-18-21-13(10-27(18)22(28)14(15)11-31-23(24)29)20-16(25)7-3-5-12-6-4-8-17(26-21)19(12)20/h4,6,8-9,16,30H,2-3,5,7,10-11,25H2,1H3/t16?,24-/m0/s1. The summed E-state index contributed by atoms with van der Waals surface area (Å²) in [6.45, 7) is 1.96. The number of aryl methyl sites for hydroxylation is 1. The third-order valence-electron chi connectivity index (χ3n) is 7.18. The number of aliphatic hydroxyl groups is 1. The Balaban J connectivity index is 1.68. The number of benzene rings is 1. The summed E-state index contributed by atoms with van der Waals surface area (Å²) in [7, 11) is 0. The van der Waals surface area contributed by atoms with Crippen molar-refractivity contribution in [2.24, 2.45) is 5.73 Å². The lowest BCUT2D eigenvalue weighted by atomic mass is 9.86. The van der Waals surface area contributed by atoms with Gasteiger partial charge >= 0.3 is 5.97 Å². The maximum atomic E-state index is 13.4. The summed E-state index contributed by atoms with van der Waals surface area (Å²) in [5, 5.41) is 12.2. The van der Waals surface area contributed by atoms with Gasteiger partial charge in [-0.15, -0.1) is 0 Å². The topological polar surface area (TPSA) is 107 Å². The summed E-state index contributed by atoms with van der Waals surface area (Å²) in [4.78, 5) is 30.7. The number of aromatic nitrogens is 2.